The summed E-state index contributed by atoms with van der Waals surface area (Å²) in [5, 5.41) is 11.1. The molecule has 1 aliphatic carbocycles. The first kappa shape index (κ1) is 17.6. The van der Waals surface area contributed by atoms with Gasteiger partial charge in [0.1, 0.15) is 11.5 Å². The van der Waals surface area contributed by atoms with E-state index in [1.165, 1.54) is 11.1 Å². The molecular weight excluding hydrogens is 364 g/mol. The second-order valence-electron chi connectivity index (χ2n) is 7.52. The van der Waals surface area contributed by atoms with Crippen LogP contribution in [0.3, 0.4) is 0 Å². The smallest absolute Gasteiger partial charge is 0.202 e. The molecule has 1 aromatic carbocycles. The average molecular weight is 386 g/mol. The lowest BCUT2D eigenvalue weighted by Crippen LogP contribution is -2.20. The van der Waals surface area contributed by atoms with Crippen LogP contribution in [0.1, 0.15) is 23.9 Å². The predicted molar refractivity (Wildman–Crippen MR) is 113 cm³/mol. The summed E-state index contributed by atoms with van der Waals surface area (Å²) in [6.07, 6.45) is 5.56. The molecule has 3 heterocycles. The van der Waals surface area contributed by atoms with Gasteiger partial charge in [0.25, 0.3) is 0 Å². The maximum Gasteiger partial charge on any atom is 0.202 e. The molecule has 0 aliphatic heterocycles. The van der Waals surface area contributed by atoms with Gasteiger partial charge in [-0.2, -0.15) is 5.10 Å². The summed E-state index contributed by atoms with van der Waals surface area (Å²) < 4.78 is 1.97. The highest BCUT2D eigenvalue weighted by atomic mass is 16.1. The largest absolute Gasteiger partial charge is 0.380 e. The Kier molecular flexibility index (Phi) is 4.16. The number of rotatable bonds is 4. The van der Waals surface area contributed by atoms with Gasteiger partial charge in [0.2, 0.25) is 5.43 Å². The molecule has 0 spiro atoms. The zero-order chi connectivity index (χ0) is 20.0. The molecule has 5 rings (SSSR count). The van der Waals surface area contributed by atoms with E-state index in [2.05, 4.69) is 49.7 Å². The van der Waals surface area contributed by atoms with Crippen LogP contribution >= 0.6 is 0 Å². The first-order chi connectivity index (χ1) is 14.1. The molecule has 0 saturated carbocycles. The number of anilines is 1. The van der Waals surface area contributed by atoms with Crippen LogP contribution in [0.5, 0.6) is 0 Å². The van der Waals surface area contributed by atoms with E-state index in [1.807, 2.05) is 30.7 Å². The van der Waals surface area contributed by atoms with Crippen molar-refractivity contribution >= 4 is 16.7 Å². The van der Waals surface area contributed by atoms with Crippen molar-refractivity contribution in [1.29, 1.82) is 0 Å². The fourth-order valence-electron chi connectivity index (χ4n) is 4.11. The van der Waals surface area contributed by atoms with Crippen molar-refractivity contribution < 1.29 is 0 Å². The first-order valence-corrected chi connectivity index (χ1v) is 9.88. The number of hydrogen-bond acceptors (Lipinski definition) is 5. The highest BCUT2D eigenvalue weighted by molar-refractivity contribution is 5.82. The second kappa shape index (κ2) is 6.84. The van der Waals surface area contributed by atoms with Gasteiger partial charge in [-0.25, -0.2) is 9.97 Å². The van der Waals surface area contributed by atoms with E-state index in [0.717, 1.165) is 18.5 Å². The average Bonchev–Trinajstić information content (AvgIpc) is 3.34. The molecule has 1 aliphatic rings. The molecular formula is C22H22N6O. The van der Waals surface area contributed by atoms with Gasteiger partial charge in [-0.05, 0) is 43.9 Å². The molecule has 0 unspecified atom stereocenters. The van der Waals surface area contributed by atoms with Crippen LogP contribution in [-0.4, -0.2) is 30.8 Å². The number of aromatic nitrogens is 5. The van der Waals surface area contributed by atoms with Gasteiger partial charge >= 0.3 is 0 Å². The van der Waals surface area contributed by atoms with Crippen molar-refractivity contribution in [1.82, 2.24) is 24.7 Å². The van der Waals surface area contributed by atoms with Crippen molar-refractivity contribution in [3.63, 3.8) is 0 Å². The minimum absolute atomic E-state index is 0.102. The highest BCUT2D eigenvalue weighted by Crippen LogP contribution is 2.25. The van der Waals surface area contributed by atoms with Crippen molar-refractivity contribution in [2.75, 3.05) is 5.32 Å². The molecule has 7 nitrogen and oxygen atoms in total. The minimum atomic E-state index is -0.102. The van der Waals surface area contributed by atoms with Crippen LogP contribution < -0.4 is 10.7 Å². The molecule has 2 N–H and O–H groups in total. The summed E-state index contributed by atoms with van der Waals surface area (Å²) in [5.74, 6) is 1.10. The summed E-state index contributed by atoms with van der Waals surface area (Å²) in [6, 6.07) is 10.7. The summed E-state index contributed by atoms with van der Waals surface area (Å²) in [6.45, 7) is 4.55. The van der Waals surface area contributed by atoms with Crippen molar-refractivity contribution in [3.8, 4) is 11.4 Å². The Labute approximate surface area is 167 Å². The van der Waals surface area contributed by atoms with E-state index < -0.39 is 0 Å². The van der Waals surface area contributed by atoms with Crippen molar-refractivity contribution in [2.24, 2.45) is 0 Å². The molecule has 29 heavy (non-hydrogen) atoms. The summed E-state index contributed by atoms with van der Waals surface area (Å²) in [5.41, 5.74) is 4.68. The van der Waals surface area contributed by atoms with E-state index >= 15 is 0 Å². The second-order valence-corrected chi connectivity index (χ2v) is 7.52. The third-order valence-corrected chi connectivity index (χ3v) is 5.51. The number of nitrogens with one attached hydrogen (secondary N) is 2. The number of pyridine rings is 2. The van der Waals surface area contributed by atoms with E-state index in [4.69, 9.17) is 0 Å². The van der Waals surface area contributed by atoms with Gasteiger partial charge in [0.15, 0.2) is 5.82 Å². The zero-order valence-corrected chi connectivity index (χ0v) is 16.4. The number of H-pyrrole nitrogens is 1. The number of hydrogen-bond donors (Lipinski definition) is 2. The number of fused-ring (bicyclic) bond motifs is 2. The van der Waals surface area contributed by atoms with Crippen LogP contribution in [0.4, 0.5) is 5.69 Å². The van der Waals surface area contributed by atoms with Crippen LogP contribution in [0.25, 0.3) is 22.4 Å². The van der Waals surface area contributed by atoms with Crippen molar-refractivity contribution in [2.45, 2.75) is 39.3 Å². The molecule has 0 fully saturated rings. The van der Waals surface area contributed by atoms with Crippen molar-refractivity contribution in [3.05, 3.63) is 69.9 Å². The summed E-state index contributed by atoms with van der Waals surface area (Å²) >= 11 is 0. The van der Waals surface area contributed by atoms with Gasteiger partial charge in [0, 0.05) is 18.8 Å². The van der Waals surface area contributed by atoms with E-state index in [0.29, 0.717) is 40.8 Å². The fourth-order valence-corrected chi connectivity index (χ4v) is 4.11. The topological polar surface area (TPSA) is 88.5 Å². The van der Waals surface area contributed by atoms with Crippen LogP contribution in [0, 0.1) is 6.92 Å². The SMILES string of the molecule is CCn1cc(-c2n[nH]c(C)n2)c(=O)c2cc(NC3Cc4ccccc4C3)cnc21. The molecule has 0 saturated heterocycles. The lowest BCUT2D eigenvalue weighted by molar-refractivity contribution is 0.769. The first-order valence-electron chi connectivity index (χ1n) is 9.88. The van der Waals surface area contributed by atoms with Crippen LogP contribution in [0.15, 0.2) is 47.5 Å². The Morgan fingerprint density at radius 1 is 1.24 bits per heavy atom. The number of aromatic amines is 1. The summed E-state index contributed by atoms with van der Waals surface area (Å²) in [7, 11) is 0. The Balaban J connectivity index is 1.54. The normalized spacial score (nSPS) is 13.7. The maximum atomic E-state index is 13.2. The van der Waals surface area contributed by atoms with Gasteiger partial charge in [-0.15, -0.1) is 0 Å². The molecule has 7 heteroatoms. The number of nitrogens with zero attached hydrogens (tertiary/aromatic N) is 4. The third-order valence-electron chi connectivity index (χ3n) is 5.51. The zero-order valence-electron chi connectivity index (χ0n) is 16.4. The Hall–Kier alpha value is -3.48. The molecule has 0 atom stereocenters. The number of benzene rings is 1. The predicted octanol–water partition coefficient (Wildman–Crippen LogP) is 3.09. The molecule has 0 amide bonds. The standard InChI is InChI=1S/C22H22N6O/c1-3-28-12-19(21-24-13(2)26-27-21)20(29)18-10-17(11-23-22(18)28)25-16-8-14-6-4-5-7-15(14)9-16/h4-7,10-12,16,25H,3,8-9H2,1-2H3,(H,24,26,27). The highest BCUT2D eigenvalue weighted by Gasteiger charge is 2.21. The van der Waals surface area contributed by atoms with E-state index in [1.54, 1.807) is 6.20 Å². The van der Waals surface area contributed by atoms with E-state index in [-0.39, 0.29) is 5.43 Å². The van der Waals surface area contributed by atoms with Gasteiger partial charge < -0.3 is 9.88 Å². The molecule has 3 aromatic heterocycles. The van der Waals surface area contributed by atoms with Crippen LogP contribution in [-0.2, 0) is 19.4 Å². The Morgan fingerprint density at radius 2 is 2.00 bits per heavy atom. The van der Waals surface area contributed by atoms with Gasteiger partial charge in [-0.3, -0.25) is 9.89 Å². The Bertz CT molecular complexity index is 1250. The Morgan fingerprint density at radius 3 is 2.66 bits per heavy atom. The third kappa shape index (κ3) is 3.08. The molecule has 146 valence electrons. The summed E-state index contributed by atoms with van der Waals surface area (Å²) in [4.78, 5) is 22.1. The van der Waals surface area contributed by atoms with E-state index in [9.17, 15) is 4.79 Å². The fraction of sp³-hybridized carbons (Fsp3) is 0.273. The molecule has 0 bridgehead atoms. The molecule has 4 aromatic rings. The monoisotopic (exact) mass is 386 g/mol. The van der Waals surface area contributed by atoms with Crippen LogP contribution in [0.2, 0.25) is 0 Å². The lowest BCUT2D eigenvalue weighted by atomic mass is 10.1. The number of aryl methyl sites for hydroxylation is 2. The maximum absolute atomic E-state index is 13.2. The van der Waals surface area contributed by atoms with Gasteiger partial charge in [0.05, 0.1) is 22.8 Å². The quantitative estimate of drug-likeness (QED) is 0.563. The van der Waals surface area contributed by atoms with Gasteiger partial charge in [-0.1, -0.05) is 24.3 Å². The minimum Gasteiger partial charge on any atom is -0.380 e. The molecule has 0 radical (unpaired) electrons. The lowest BCUT2D eigenvalue weighted by Gasteiger charge is -2.15.